The molecule has 1 aromatic rings. The highest BCUT2D eigenvalue weighted by molar-refractivity contribution is 5.98. The molecule has 0 unspecified atom stereocenters. The first-order valence-electron chi connectivity index (χ1n) is 9.41. The van der Waals surface area contributed by atoms with Crippen LogP contribution >= 0.6 is 0 Å². The van der Waals surface area contributed by atoms with Crippen LogP contribution in [0.5, 0.6) is 0 Å². The second kappa shape index (κ2) is 15.5. The molecular weight excluding hydrogens is 364 g/mol. The van der Waals surface area contributed by atoms with Crippen molar-refractivity contribution in [1.29, 1.82) is 0 Å². The molecule has 0 saturated heterocycles. The molecule has 0 fully saturated rings. The van der Waals surface area contributed by atoms with Crippen molar-refractivity contribution in [3.05, 3.63) is 96.4 Å². The van der Waals surface area contributed by atoms with Gasteiger partial charge in [0, 0.05) is 17.5 Å². The van der Waals surface area contributed by atoms with Crippen LogP contribution in [0.15, 0.2) is 85.1 Å². The van der Waals surface area contributed by atoms with Gasteiger partial charge < -0.3 is 10.6 Å². The minimum absolute atomic E-state index is 0.0907. The molecule has 0 aliphatic heterocycles. The number of aromatic nitrogens is 2. The van der Waals surface area contributed by atoms with Gasteiger partial charge in [0.15, 0.2) is 0 Å². The van der Waals surface area contributed by atoms with Crippen LogP contribution in [0.25, 0.3) is 0 Å². The number of hydrogen-bond donors (Lipinski definition) is 2. The summed E-state index contributed by atoms with van der Waals surface area (Å²) in [6.45, 7) is 13.1. The van der Waals surface area contributed by atoms with Gasteiger partial charge in [0.25, 0.3) is 11.8 Å². The summed E-state index contributed by atoms with van der Waals surface area (Å²) >= 11 is 0. The van der Waals surface area contributed by atoms with E-state index in [2.05, 4.69) is 27.2 Å². The van der Waals surface area contributed by atoms with E-state index in [0.717, 1.165) is 0 Å². The first-order chi connectivity index (χ1) is 14.0. The largest absolute Gasteiger partial charge is 0.321 e. The Labute approximate surface area is 173 Å². The summed E-state index contributed by atoms with van der Waals surface area (Å²) in [6, 6.07) is 1.35. The summed E-state index contributed by atoms with van der Waals surface area (Å²) in [5, 5.41) is 5.44. The van der Waals surface area contributed by atoms with Gasteiger partial charge in [-0.3, -0.25) is 9.59 Å². The number of nitrogens with one attached hydrogen (secondary N) is 2. The maximum atomic E-state index is 12.4. The van der Waals surface area contributed by atoms with Gasteiger partial charge in [0.1, 0.15) is 17.7 Å². The second-order valence-corrected chi connectivity index (χ2v) is 5.16. The van der Waals surface area contributed by atoms with Crippen molar-refractivity contribution in [2.75, 3.05) is 0 Å². The summed E-state index contributed by atoms with van der Waals surface area (Å²) in [6.07, 6.45) is 17.0. The van der Waals surface area contributed by atoms with E-state index in [4.69, 9.17) is 0 Å². The third-order valence-corrected chi connectivity index (χ3v) is 3.26. The lowest BCUT2D eigenvalue weighted by atomic mass is 10.2. The third-order valence-electron chi connectivity index (χ3n) is 3.26. The van der Waals surface area contributed by atoms with Crippen LogP contribution in [0.4, 0.5) is 0 Å². The Kier molecular flexibility index (Phi) is 13.6. The summed E-state index contributed by atoms with van der Waals surface area (Å²) in [5.74, 6) is -0.866. The Morgan fingerprint density at radius 3 is 1.76 bits per heavy atom. The average molecular weight is 395 g/mol. The fourth-order valence-corrected chi connectivity index (χ4v) is 1.86. The lowest BCUT2D eigenvalue weighted by Gasteiger charge is -2.07. The highest BCUT2D eigenvalue weighted by Crippen LogP contribution is 2.03. The molecular formula is C23H30N4O2. The smallest absolute Gasteiger partial charge is 0.274 e. The van der Waals surface area contributed by atoms with E-state index in [1.165, 1.54) is 12.4 Å². The van der Waals surface area contributed by atoms with Crippen LogP contribution in [0.1, 0.15) is 55.6 Å². The van der Waals surface area contributed by atoms with E-state index in [-0.39, 0.29) is 11.4 Å². The average Bonchev–Trinajstić information content (AvgIpc) is 2.77. The van der Waals surface area contributed by atoms with Gasteiger partial charge in [0.2, 0.25) is 0 Å². The Bertz CT molecular complexity index is 831. The zero-order valence-electron chi connectivity index (χ0n) is 17.8. The molecule has 29 heavy (non-hydrogen) atoms. The summed E-state index contributed by atoms with van der Waals surface area (Å²) in [7, 11) is 0. The Morgan fingerprint density at radius 1 is 0.862 bits per heavy atom. The molecule has 0 spiro atoms. The second-order valence-electron chi connectivity index (χ2n) is 5.16. The highest BCUT2D eigenvalue weighted by Gasteiger charge is 2.14. The van der Waals surface area contributed by atoms with E-state index in [9.17, 15) is 9.59 Å². The molecule has 6 heteroatoms. The predicted molar refractivity (Wildman–Crippen MR) is 119 cm³/mol. The minimum Gasteiger partial charge on any atom is -0.321 e. The van der Waals surface area contributed by atoms with Crippen molar-refractivity contribution in [3.8, 4) is 0 Å². The monoisotopic (exact) mass is 394 g/mol. The zero-order chi connectivity index (χ0) is 22.1. The molecule has 0 aromatic carbocycles. The number of carbonyl (C=O) groups is 2. The lowest BCUT2D eigenvalue weighted by Crippen LogP contribution is -2.26. The fourth-order valence-electron chi connectivity index (χ4n) is 1.86. The van der Waals surface area contributed by atoms with Crippen molar-refractivity contribution in [3.63, 3.8) is 0 Å². The Balaban J connectivity index is 0.00000379. The van der Waals surface area contributed by atoms with Crippen LogP contribution in [-0.4, -0.2) is 21.8 Å². The van der Waals surface area contributed by atoms with Crippen molar-refractivity contribution in [2.45, 2.75) is 34.6 Å². The SMILES string of the molecule is C=C/C=C\C(=C/C)NC(=O)c1cc(C(=O)NC(/C=C\C=C/C)=C/C)ncn1.CC. The molecule has 0 radical (unpaired) electrons. The van der Waals surface area contributed by atoms with E-state index in [1.54, 1.807) is 43.4 Å². The summed E-state index contributed by atoms with van der Waals surface area (Å²) in [4.78, 5) is 32.6. The number of nitrogens with zero attached hydrogens (tertiary/aromatic N) is 2. The van der Waals surface area contributed by atoms with Gasteiger partial charge >= 0.3 is 0 Å². The number of amides is 2. The zero-order valence-corrected chi connectivity index (χ0v) is 17.8. The molecule has 6 nitrogen and oxygen atoms in total. The molecule has 2 amide bonds. The molecule has 154 valence electrons. The first kappa shape index (κ1) is 25.5. The first-order valence-corrected chi connectivity index (χ1v) is 9.41. The Morgan fingerprint density at radius 2 is 1.34 bits per heavy atom. The number of carbonyl (C=O) groups excluding carboxylic acids is 2. The molecule has 0 aliphatic rings. The number of rotatable bonds is 8. The molecule has 1 heterocycles. The predicted octanol–water partition coefficient (Wildman–Crippen LogP) is 4.64. The molecule has 1 aromatic heterocycles. The highest BCUT2D eigenvalue weighted by atomic mass is 16.2. The molecule has 0 atom stereocenters. The van der Waals surface area contributed by atoms with Crippen LogP contribution < -0.4 is 10.6 Å². The van der Waals surface area contributed by atoms with Crippen LogP contribution in [0.3, 0.4) is 0 Å². The van der Waals surface area contributed by atoms with Crippen LogP contribution in [0, 0.1) is 0 Å². The van der Waals surface area contributed by atoms with Gasteiger partial charge in [0.05, 0.1) is 0 Å². The fraction of sp³-hybridized carbons (Fsp3) is 0.217. The van der Waals surface area contributed by atoms with Crippen molar-refractivity contribution in [2.24, 2.45) is 0 Å². The summed E-state index contributed by atoms with van der Waals surface area (Å²) < 4.78 is 0. The van der Waals surface area contributed by atoms with Crippen molar-refractivity contribution in [1.82, 2.24) is 20.6 Å². The van der Waals surface area contributed by atoms with Gasteiger partial charge in [-0.05, 0) is 32.9 Å². The Hall–Kier alpha value is -3.54. The van der Waals surface area contributed by atoms with Crippen molar-refractivity contribution >= 4 is 11.8 Å². The maximum Gasteiger partial charge on any atom is 0.274 e. The van der Waals surface area contributed by atoms with Gasteiger partial charge in [-0.15, -0.1) is 0 Å². The standard InChI is InChI=1S/C21H24N4O2.C2H6/c1-5-9-11-13-17(8-4)25-21(27)19-14-18(22-15-23-19)20(26)24-16(7-3)12-10-6-2;1-2/h5-15H,2H2,1,3-4H3,(H,24,26)(H,25,27);1-2H3/b9-5-,12-10-,13-11-,16-7+,17-8+;. The normalized spacial score (nSPS) is 12.0. The quantitative estimate of drug-likeness (QED) is 0.629. The van der Waals surface area contributed by atoms with Gasteiger partial charge in [-0.25, -0.2) is 9.97 Å². The maximum absolute atomic E-state index is 12.4. The van der Waals surface area contributed by atoms with E-state index < -0.39 is 11.8 Å². The van der Waals surface area contributed by atoms with Gasteiger partial charge in [-0.1, -0.05) is 63.0 Å². The van der Waals surface area contributed by atoms with Crippen LogP contribution in [0.2, 0.25) is 0 Å². The van der Waals surface area contributed by atoms with Crippen molar-refractivity contribution < 1.29 is 9.59 Å². The number of hydrogen-bond acceptors (Lipinski definition) is 4. The van der Waals surface area contributed by atoms with E-state index >= 15 is 0 Å². The van der Waals surface area contributed by atoms with E-state index in [1.807, 2.05) is 45.9 Å². The molecule has 0 saturated carbocycles. The van der Waals surface area contributed by atoms with Crippen LogP contribution in [-0.2, 0) is 0 Å². The van der Waals surface area contributed by atoms with Gasteiger partial charge in [-0.2, -0.15) is 0 Å². The minimum atomic E-state index is -0.438. The third kappa shape index (κ3) is 9.81. The number of allylic oxidation sites excluding steroid dienone is 9. The lowest BCUT2D eigenvalue weighted by molar-refractivity contribution is 0.0961. The molecule has 1 rings (SSSR count). The topological polar surface area (TPSA) is 84.0 Å². The molecule has 2 N–H and O–H groups in total. The molecule has 0 bridgehead atoms. The summed E-state index contributed by atoms with van der Waals surface area (Å²) in [5.41, 5.74) is 1.40. The van der Waals surface area contributed by atoms with E-state index in [0.29, 0.717) is 11.4 Å². The molecule has 0 aliphatic carbocycles.